The third-order valence-electron chi connectivity index (χ3n) is 5.53. The van der Waals surface area contributed by atoms with Gasteiger partial charge in [0, 0.05) is 31.8 Å². The molecule has 2 saturated heterocycles. The Morgan fingerprint density at radius 2 is 1.79 bits per heavy atom. The molecule has 2 aromatic carbocycles. The summed E-state index contributed by atoms with van der Waals surface area (Å²) in [6, 6.07) is 19.7. The Morgan fingerprint density at radius 1 is 1.07 bits per heavy atom. The van der Waals surface area contributed by atoms with Crippen molar-refractivity contribution in [3.8, 4) is 0 Å². The molecule has 0 aliphatic carbocycles. The lowest BCUT2D eigenvalue weighted by molar-refractivity contribution is -0.129. The van der Waals surface area contributed by atoms with Crippen LogP contribution < -0.4 is 4.90 Å². The van der Waals surface area contributed by atoms with E-state index in [1.165, 1.54) is 0 Å². The zero-order valence-corrected chi connectivity index (χ0v) is 16.0. The third kappa shape index (κ3) is 4.25. The summed E-state index contributed by atoms with van der Waals surface area (Å²) in [5, 5.41) is 0. The van der Waals surface area contributed by atoms with Crippen LogP contribution in [0.4, 0.5) is 5.69 Å². The number of nitrogens with zero attached hydrogens (tertiary/aromatic N) is 2. The molecule has 5 heteroatoms. The van der Waals surface area contributed by atoms with Gasteiger partial charge in [-0.1, -0.05) is 48.5 Å². The van der Waals surface area contributed by atoms with Gasteiger partial charge in [-0.2, -0.15) is 0 Å². The van der Waals surface area contributed by atoms with E-state index in [1.807, 2.05) is 70.5 Å². The molecule has 4 rings (SSSR count). The van der Waals surface area contributed by atoms with Crippen molar-refractivity contribution in [2.45, 2.75) is 31.9 Å². The number of hydrogen-bond acceptors (Lipinski definition) is 3. The smallest absolute Gasteiger partial charge is 0.232 e. The molecule has 2 heterocycles. The molecule has 2 aliphatic rings. The van der Waals surface area contributed by atoms with Gasteiger partial charge < -0.3 is 14.5 Å². The summed E-state index contributed by atoms with van der Waals surface area (Å²) < 4.78 is 5.67. The average Bonchev–Trinajstić information content (AvgIpc) is 3.37. The zero-order valence-electron chi connectivity index (χ0n) is 16.0. The van der Waals surface area contributed by atoms with E-state index in [9.17, 15) is 9.59 Å². The molecule has 0 spiro atoms. The fraction of sp³-hybridized carbons (Fsp3) is 0.391. The van der Waals surface area contributed by atoms with Crippen molar-refractivity contribution in [2.24, 2.45) is 5.92 Å². The zero-order chi connectivity index (χ0) is 19.3. The van der Waals surface area contributed by atoms with Gasteiger partial charge in [-0.3, -0.25) is 9.59 Å². The van der Waals surface area contributed by atoms with Crippen LogP contribution >= 0.6 is 0 Å². The first-order chi connectivity index (χ1) is 13.7. The van der Waals surface area contributed by atoms with Crippen LogP contribution in [0, 0.1) is 5.92 Å². The quantitative estimate of drug-likeness (QED) is 0.775. The molecule has 0 saturated carbocycles. The maximum Gasteiger partial charge on any atom is 0.232 e. The van der Waals surface area contributed by atoms with Crippen molar-refractivity contribution in [1.29, 1.82) is 0 Å². The highest BCUT2D eigenvalue weighted by molar-refractivity contribution is 5.99. The number of amides is 2. The topological polar surface area (TPSA) is 49.9 Å². The lowest BCUT2D eigenvalue weighted by atomic mass is 10.1. The second-order valence-corrected chi connectivity index (χ2v) is 7.58. The number of para-hydroxylation sites is 1. The Balaban J connectivity index is 1.49. The van der Waals surface area contributed by atoms with E-state index in [0.29, 0.717) is 19.6 Å². The Labute approximate surface area is 165 Å². The van der Waals surface area contributed by atoms with Crippen LogP contribution in [0.3, 0.4) is 0 Å². The van der Waals surface area contributed by atoms with Crippen molar-refractivity contribution in [3.05, 3.63) is 66.2 Å². The molecule has 2 amide bonds. The van der Waals surface area contributed by atoms with Gasteiger partial charge in [-0.05, 0) is 30.5 Å². The molecule has 0 N–H and O–H groups in total. The van der Waals surface area contributed by atoms with Crippen LogP contribution in [0.25, 0.3) is 0 Å². The molecule has 0 radical (unpaired) electrons. The summed E-state index contributed by atoms with van der Waals surface area (Å²) >= 11 is 0. The number of benzene rings is 2. The minimum atomic E-state index is -0.308. The highest BCUT2D eigenvalue weighted by atomic mass is 16.5. The first-order valence-corrected chi connectivity index (χ1v) is 10.0. The van der Waals surface area contributed by atoms with Crippen molar-refractivity contribution < 1.29 is 14.3 Å². The summed E-state index contributed by atoms with van der Waals surface area (Å²) in [5.41, 5.74) is 1.93. The van der Waals surface area contributed by atoms with Crippen LogP contribution in [0.15, 0.2) is 60.7 Å². The summed E-state index contributed by atoms with van der Waals surface area (Å²) in [7, 11) is 0. The molecule has 2 atom stereocenters. The van der Waals surface area contributed by atoms with Gasteiger partial charge in [0.1, 0.15) is 0 Å². The molecular formula is C23H26N2O3. The molecule has 2 unspecified atom stereocenters. The molecule has 0 bridgehead atoms. The van der Waals surface area contributed by atoms with Gasteiger partial charge in [0.15, 0.2) is 0 Å². The van der Waals surface area contributed by atoms with Crippen LogP contribution in [-0.4, -0.2) is 42.5 Å². The maximum absolute atomic E-state index is 13.4. The molecular weight excluding hydrogens is 352 g/mol. The SMILES string of the molecule is O=C1CC(C(=O)N(Cc2ccccc2)c2ccccc2)CN1CC1CCCO1. The van der Waals surface area contributed by atoms with Crippen molar-refractivity contribution >= 4 is 17.5 Å². The molecule has 5 nitrogen and oxygen atoms in total. The van der Waals surface area contributed by atoms with Gasteiger partial charge in [-0.25, -0.2) is 0 Å². The predicted octanol–water partition coefficient (Wildman–Crippen LogP) is 3.25. The minimum Gasteiger partial charge on any atom is -0.376 e. The van der Waals surface area contributed by atoms with Crippen molar-refractivity contribution in [1.82, 2.24) is 4.90 Å². The van der Waals surface area contributed by atoms with E-state index in [4.69, 9.17) is 4.74 Å². The number of hydrogen-bond donors (Lipinski definition) is 0. The summed E-state index contributed by atoms with van der Waals surface area (Å²) in [5.74, 6) is -0.238. The Bertz CT molecular complexity index is 803. The van der Waals surface area contributed by atoms with Gasteiger partial charge in [0.25, 0.3) is 0 Å². The number of carbonyl (C=O) groups is 2. The first kappa shape index (κ1) is 18.7. The lowest BCUT2D eigenvalue weighted by Gasteiger charge is -2.26. The molecule has 2 fully saturated rings. The molecule has 28 heavy (non-hydrogen) atoms. The number of rotatable bonds is 6. The lowest BCUT2D eigenvalue weighted by Crippen LogP contribution is -2.38. The van der Waals surface area contributed by atoms with Gasteiger partial charge in [0.05, 0.1) is 18.6 Å². The molecule has 2 aromatic rings. The van der Waals surface area contributed by atoms with E-state index < -0.39 is 0 Å². The number of anilines is 1. The molecule has 0 aromatic heterocycles. The summed E-state index contributed by atoms with van der Waals surface area (Å²) in [4.78, 5) is 29.5. The van der Waals surface area contributed by atoms with Crippen LogP contribution in [0.2, 0.25) is 0 Å². The average molecular weight is 378 g/mol. The second kappa shape index (κ2) is 8.57. The fourth-order valence-electron chi connectivity index (χ4n) is 4.04. The van der Waals surface area contributed by atoms with Crippen LogP contribution in [0.5, 0.6) is 0 Å². The van der Waals surface area contributed by atoms with Crippen molar-refractivity contribution in [3.63, 3.8) is 0 Å². The second-order valence-electron chi connectivity index (χ2n) is 7.58. The monoisotopic (exact) mass is 378 g/mol. The number of likely N-dealkylation sites (tertiary alicyclic amines) is 1. The Morgan fingerprint density at radius 3 is 2.46 bits per heavy atom. The number of carbonyl (C=O) groups excluding carboxylic acids is 2. The first-order valence-electron chi connectivity index (χ1n) is 10.0. The highest BCUT2D eigenvalue weighted by Crippen LogP contribution is 2.26. The highest BCUT2D eigenvalue weighted by Gasteiger charge is 2.38. The molecule has 146 valence electrons. The normalized spacial score (nSPS) is 21.9. The van der Waals surface area contributed by atoms with E-state index in [1.54, 1.807) is 0 Å². The largest absolute Gasteiger partial charge is 0.376 e. The van der Waals surface area contributed by atoms with Crippen LogP contribution in [-0.2, 0) is 20.9 Å². The van der Waals surface area contributed by atoms with E-state index >= 15 is 0 Å². The summed E-state index contributed by atoms with van der Waals surface area (Å²) in [6.07, 6.45) is 2.44. The van der Waals surface area contributed by atoms with Gasteiger partial charge in [0.2, 0.25) is 11.8 Å². The Kier molecular flexibility index (Phi) is 5.72. The molecule has 2 aliphatic heterocycles. The summed E-state index contributed by atoms with van der Waals surface area (Å²) in [6.45, 7) is 2.36. The number of ether oxygens (including phenoxy) is 1. The van der Waals surface area contributed by atoms with Crippen LogP contribution in [0.1, 0.15) is 24.8 Å². The Hall–Kier alpha value is -2.66. The maximum atomic E-state index is 13.4. The predicted molar refractivity (Wildman–Crippen MR) is 108 cm³/mol. The van der Waals surface area contributed by atoms with Gasteiger partial charge >= 0.3 is 0 Å². The van der Waals surface area contributed by atoms with E-state index in [-0.39, 0.29) is 30.3 Å². The fourth-order valence-corrected chi connectivity index (χ4v) is 4.04. The standard InChI is InChI=1S/C23H26N2O3/c26-22-14-19(16-24(22)17-21-12-7-13-28-21)23(27)25(20-10-5-2-6-11-20)15-18-8-3-1-4-9-18/h1-6,8-11,19,21H,7,12-17H2. The third-order valence-corrected chi connectivity index (χ3v) is 5.53. The minimum absolute atomic E-state index is 0.0123. The van der Waals surface area contributed by atoms with Crippen molar-refractivity contribution in [2.75, 3.05) is 24.6 Å². The van der Waals surface area contributed by atoms with E-state index in [0.717, 1.165) is 30.7 Å². The van der Waals surface area contributed by atoms with Gasteiger partial charge in [-0.15, -0.1) is 0 Å². The van der Waals surface area contributed by atoms with E-state index in [2.05, 4.69) is 0 Å².